The molecule has 0 aliphatic rings. The molecule has 18 heavy (non-hydrogen) atoms. The van der Waals surface area contributed by atoms with Gasteiger partial charge in [0.15, 0.2) is 0 Å². The zero-order chi connectivity index (χ0) is 13.0. The quantitative estimate of drug-likeness (QED) is 0.901. The van der Waals surface area contributed by atoms with E-state index in [0.717, 1.165) is 22.1 Å². The van der Waals surface area contributed by atoms with Crippen LogP contribution in [0.25, 0.3) is 0 Å². The van der Waals surface area contributed by atoms with Crippen LogP contribution in [0.1, 0.15) is 16.7 Å². The van der Waals surface area contributed by atoms with Crippen LogP contribution in [0, 0.1) is 6.92 Å². The van der Waals surface area contributed by atoms with Gasteiger partial charge in [-0.2, -0.15) is 0 Å². The van der Waals surface area contributed by atoms with E-state index in [4.69, 9.17) is 0 Å². The number of aryl methyl sites for hydroxylation is 1. The molecule has 2 rings (SSSR count). The molecule has 0 aromatic heterocycles. The molecule has 0 fully saturated rings. The minimum atomic E-state index is 0.390. The van der Waals surface area contributed by atoms with Crippen LogP contribution in [0.4, 0.5) is 0 Å². The number of halogens is 1. The van der Waals surface area contributed by atoms with Crippen molar-refractivity contribution in [3.63, 3.8) is 0 Å². The highest BCUT2D eigenvalue weighted by Crippen LogP contribution is 2.21. The van der Waals surface area contributed by atoms with E-state index in [9.17, 15) is 5.11 Å². The number of nitrogens with one attached hydrogen (secondary N) is 1. The predicted octanol–water partition coefficient (Wildman–Crippen LogP) is 3.75. The lowest BCUT2D eigenvalue weighted by molar-refractivity contribution is 0.460. The molecule has 0 spiro atoms. The second-order valence-electron chi connectivity index (χ2n) is 4.31. The lowest BCUT2D eigenvalue weighted by Crippen LogP contribution is -2.12. The van der Waals surface area contributed by atoms with Crippen molar-refractivity contribution in [2.24, 2.45) is 0 Å². The van der Waals surface area contributed by atoms with Crippen LogP contribution in [0.15, 0.2) is 46.9 Å². The van der Waals surface area contributed by atoms with Gasteiger partial charge in [0, 0.05) is 23.1 Å². The Labute approximate surface area is 116 Å². The summed E-state index contributed by atoms with van der Waals surface area (Å²) >= 11 is 3.41. The highest BCUT2D eigenvalue weighted by atomic mass is 79.9. The van der Waals surface area contributed by atoms with Gasteiger partial charge in [-0.3, -0.25) is 0 Å². The Balaban J connectivity index is 1.92. The average molecular weight is 306 g/mol. The van der Waals surface area contributed by atoms with Crippen LogP contribution in [0.3, 0.4) is 0 Å². The summed E-state index contributed by atoms with van der Waals surface area (Å²) in [6, 6.07) is 14.0. The summed E-state index contributed by atoms with van der Waals surface area (Å²) in [7, 11) is 0. The molecule has 0 unspecified atom stereocenters. The topological polar surface area (TPSA) is 32.3 Å². The Morgan fingerprint density at radius 3 is 2.50 bits per heavy atom. The molecule has 0 atom stereocenters. The predicted molar refractivity (Wildman–Crippen MR) is 77.5 cm³/mol. The summed E-state index contributed by atoms with van der Waals surface area (Å²) in [6.45, 7) is 3.37. The number of hydrogen-bond donors (Lipinski definition) is 2. The van der Waals surface area contributed by atoms with Crippen molar-refractivity contribution in [2.75, 3.05) is 0 Å². The zero-order valence-corrected chi connectivity index (χ0v) is 11.9. The molecule has 0 radical (unpaired) electrons. The van der Waals surface area contributed by atoms with Gasteiger partial charge in [0.05, 0.1) is 0 Å². The summed E-state index contributed by atoms with van der Waals surface area (Å²) in [5, 5.41) is 13.2. The molecule has 0 aliphatic heterocycles. The van der Waals surface area contributed by atoms with Crippen molar-refractivity contribution in [1.82, 2.24) is 5.32 Å². The summed E-state index contributed by atoms with van der Waals surface area (Å²) in [5.41, 5.74) is 3.08. The first-order valence-electron chi connectivity index (χ1n) is 5.89. The Hall–Kier alpha value is -1.32. The minimum absolute atomic E-state index is 0.390. The van der Waals surface area contributed by atoms with Gasteiger partial charge in [-0.1, -0.05) is 46.3 Å². The Morgan fingerprint density at radius 1 is 1.06 bits per heavy atom. The SMILES string of the molecule is Cc1cccc(CNCc2ccc(Br)cc2)c1O. The maximum absolute atomic E-state index is 9.88. The summed E-state index contributed by atoms with van der Waals surface area (Å²) in [5.74, 6) is 0.390. The molecule has 0 aliphatic carbocycles. The largest absolute Gasteiger partial charge is 0.507 e. The third-order valence-electron chi connectivity index (χ3n) is 2.88. The molecule has 2 N–H and O–H groups in total. The summed E-state index contributed by atoms with van der Waals surface area (Å²) in [6.07, 6.45) is 0. The number of phenols is 1. The van der Waals surface area contributed by atoms with E-state index >= 15 is 0 Å². The third kappa shape index (κ3) is 3.34. The van der Waals surface area contributed by atoms with E-state index in [1.54, 1.807) is 0 Å². The molecule has 2 aromatic carbocycles. The number of para-hydroxylation sites is 1. The molecular formula is C15H16BrNO. The van der Waals surface area contributed by atoms with Crippen molar-refractivity contribution >= 4 is 15.9 Å². The minimum Gasteiger partial charge on any atom is -0.507 e. The van der Waals surface area contributed by atoms with E-state index in [2.05, 4.69) is 33.4 Å². The lowest BCUT2D eigenvalue weighted by atomic mass is 10.1. The molecule has 94 valence electrons. The number of hydrogen-bond acceptors (Lipinski definition) is 2. The normalized spacial score (nSPS) is 10.6. The van der Waals surface area contributed by atoms with E-state index in [-0.39, 0.29) is 0 Å². The first-order valence-corrected chi connectivity index (χ1v) is 6.69. The fraction of sp³-hybridized carbons (Fsp3) is 0.200. The van der Waals surface area contributed by atoms with E-state index in [1.165, 1.54) is 5.56 Å². The van der Waals surface area contributed by atoms with E-state index in [1.807, 2.05) is 37.3 Å². The van der Waals surface area contributed by atoms with Crippen molar-refractivity contribution in [1.29, 1.82) is 0 Å². The maximum atomic E-state index is 9.88. The molecule has 2 nitrogen and oxygen atoms in total. The summed E-state index contributed by atoms with van der Waals surface area (Å²) < 4.78 is 1.09. The van der Waals surface area contributed by atoms with Crippen LogP contribution < -0.4 is 5.32 Å². The summed E-state index contributed by atoms with van der Waals surface area (Å²) in [4.78, 5) is 0. The van der Waals surface area contributed by atoms with Gasteiger partial charge in [-0.15, -0.1) is 0 Å². The molecule has 0 heterocycles. The van der Waals surface area contributed by atoms with Gasteiger partial charge in [0.25, 0.3) is 0 Å². The van der Waals surface area contributed by atoms with Crippen molar-refractivity contribution in [3.8, 4) is 5.75 Å². The smallest absolute Gasteiger partial charge is 0.122 e. The standard InChI is InChI=1S/C15H16BrNO/c1-11-3-2-4-13(15(11)18)10-17-9-12-5-7-14(16)8-6-12/h2-8,17-18H,9-10H2,1H3. The van der Waals surface area contributed by atoms with Crippen molar-refractivity contribution in [3.05, 3.63) is 63.6 Å². The van der Waals surface area contributed by atoms with Gasteiger partial charge in [0.2, 0.25) is 0 Å². The van der Waals surface area contributed by atoms with Crippen molar-refractivity contribution < 1.29 is 5.11 Å². The highest BCUT2D eigenvalue weighted by molar-refractivity contribution is 9.10. The number of rotatable bonds is 4. The maximum Gasteiger partial charge on any atom is 0.122 e. The molecule has 0 bridgehead atoms. The second kappa shape index (κ2) is 6.03. The van der Waals surface area contributed by atoms with Crippen LogP contribution in [0.5, 0.6) is 5.75 Å². The van der Waals surface area contributed by atoms with Crippen LogP contribution in [-0.4, -0.2) is 5.11 Å². The second-order valence-corrected chi connectivity index (χ2v) is 5.23. The van der Waals surface area contributed by atoms with Crippen LogP contribution in [0.2, 0.25) is 0 Å². The molecule has 0 saturated carbocycles. The third-order valence-corrected chi connectivity index (χ3v) is 3.41. The van der Waals surface area contributed by atoms with E-state index in [0.29, 0.717) is 12.3 Å². The van der Waals surface area contributed by atoms with Gasteiger partial charge < -0.3 is 10.4 Å². The van der Waals surface area contributed by atoms with Crippen LogP contribution in [-0.2, 0) is 13.1 Å². The molecule has 0 saturated heterocycles. The van der Waals surface area contributed by atoms with Gasteiger partial charge >= 0.3 is 0 Å². The monoisotopic (exact) mass is 305 g/mol. The molecular weight excluding hydrogens is 290 g/mol. The molecule has 3 heteroatoms. The van der Waals surface area contributed by atoms with Crippen molar-refractivity contribution in [2.45, 2.75) is 20.0 Å². The fourth-order valence-electron chi connectivity index (χ4n) is 1.81. The Kier molecular flexibility index (Phi) is 4.39. The number of phenolic OH excluding ortho intramolecular Hbond substituents is 1. The first kappa shape index (κ1) is 13.1. The molecule has 2 aromatic rings. The number of aromatic hydroxyl groups is 1. The lowest BCUT2D eigenvalue weighted by Gasteiger charge is -2.08. The van der Waals surface area contributed by atoms with E-state index < -0.39 is 0 Å². The Bertz CT molecular complexity index is 523. The first-order chi connectivity index (χ1) is 8.66. The van der Waals surface area contributed by atoms with Crippen LogP contribution >= 0.6 is 15.9 Å². The zero-order valence-electron chi connectivity index (χ0n) is 10.3. The highest BCUT2D eigenvalue weighted by Gasteiger charge is 2.02. The van der Waals surface area contributed by atoms with Gasteiger partial charge in [-0.05, 0) is 30.2 Å². The van der Waals surface area contributed by atoms with Gasteiger partial charge in [-0.25, -0.2) is 0 Å². The number of benzene rings is 2. The molecule has 0 amide bonds. The average Bonchev–Trinajstić information content (AvgIpc) is 2.37. The van der Waals surface area contributed by atoms with Gasteiger partial charge in [0.1, 0.15) is 5.75 Å². The fourth-order valence-corrected chi connectivity index (χ4v) is 2.07. The Morgan fingerprint density at radius 2 is 1.78 bits per heavy atom.